The number of carbonyl (C=O) groups is 1. The molecule has 1 atom stereocenters. The van der Waals surface area contributed by atoms with Crippen LogP contribution >= 0.6 is 11.6 Å². The lowest BCUT2D eigenvalue weighted by Crippen LogP contribution is -2.24. The number of carbonyl (C=O) groups excluding carboxylic acids is 1. The normalized spacial score (nSPS) is 17.0. The quantitative estimate of drug-likeness (QED) is 0.756. The number of benzene rings is 1. The number of ether oxygens (including phenoxy) is 2. The maximum absolute atomic E-state index is 14.6. The molecule has 1 aromatic heterocycles. The van der Waals surface area contributed by atoms with Crippen molar-refractivity contribution in [3.8, 4) is 6.07 Å². The summed E-state index contributed by atoms with van der Waals surface area (Å²) < 4.78 is 26.8. The summed E-state index contributed by atoms with van der Waals surface area (Å²) in [6, 6.07) is 9.74. The summed E-state index contributed by atoms with van der Waals surface area (Å²) in [5.41, 5.74) is 0.115. The van der Waals surface area contributed by atoms with Gasteiger partial charge in [-0.15, -0.1) is 0 Å². The third-order valence-electron chi connectivity index (χ3n) is 4.09. The lowest BCUT2D eigenvalue weighted by molar-refractivity contribution is -0.136. The largest absolute Gasteiger partial charge is 0.466 e. The zero-order valence-corrected chi connectivity index (χ0v) is 14.7. The first-order valence-electron chi connectivity index (χ1n) is 7.68. The molecule has 0 amide bonds. The van der Waals surface area contributed by atoms with Crippen molar-refractivity contribution in [1.82, 2.24) is 4.57 Å². The molecule has 7 heteroatoms. The molecule has 2 aromatic rings. The van der Waals surface area contributed by atoms with Gasteiger partial charge in [0, 0.05) is 23.0 Å². The Morgan fingerprint density at radius 3 is 2.62 bits per heavy atom. The number of nitrogens with zero attached hydrogens (tertiary/aromatic N) is 2. The number of esters is 1. The molecule has 132 valence electrons. The Labute approximate surface area is 154 Å². The highest BCUT2D eigenvalue weighted by atomic mass is 35.5. The van der Waals surface area contributed by atoms with Gasteiger partial charge in [0.15, 0.2) is 0 Å². The van der Waals surface area contributed by atoms with E-state index in [1.807, 2.05) is 6.07 Å². The van der Waals surface area contributed by atoms with Crippen molar-refractivity contribution in [1.29, 1.82) is 5.26 Å². The Balaban J connectivity index is 2.33. The van der Waals surface area contributed by atoms with Gasteiger partial charge in [-0.05, 0) is 31.2 Å². The molecule has 1 aromatic carbocycles. The average molecular weight is 373 g/mol. The van der Waals surface area contributed by atoms with Crippen molar-refractivity contribution >= 4 is 23.5 Å². The van der Waals surface area contributed by atoms with E-state index < -0.39 is 17.7 Å². The van der Waals surface area contributed by atoms with Gasteiger partial charge in [-0.2, -0.15) is 5.26 Å². The second kappa shape index (κ2) is 7.06. The summed E-state index contributed by atoms with van der Waals surface area (Å²) >= 11 is 6.22. The van der Waals surface area contributed by atoms with E-state index in [0.717, 1.165) is 0 Å². The predicted octanol–water partition coefficient (Wildman–Crippen LogP) is 4.23. The monoisotopic (exact) mass is 372 g/mol. The van der Waals surface area contributed by atoms with Crippen LogP contribution in [-0.4, -0.2) is 17.6 Å². The van der Waals surface area contributed by atoms with Crippen LogP contribution in [-0.2, 0) is 14.3 Å². The van der Waals surface area contributed by atoms with Crippen LogP contribution in [0.5, 0.6) is 0 Å². The smallest absolute Gasteiger partial charge is 0.338 e. The number of nitriles is 1. The van der Waals surface area contributed by atoms with Gasteiger partial charge in [0.25, 0.3) is 0 Å². The Hall–Kier alpha value is -3.04. The molecule has 0 bridgehead atoms. The van der Waals surface area contributed by atoms with Crippen LogP contribution in [0.4, 0.5) is 4.39 Å². The number of methoxy groups -OCH3 is 1. The number of hydrogen-bond donors (Lipinski definition) is 0. The van der Waals surface area contributed by atoms with Crippen LogP contribution in [0.25, 0.3) is 5.88 Å². The van der Waals surface area contributed by atoms with Crippen LogP contribution in [0.2, 0.25) is 5.02 Å². The van der Waals surface area contributed by atoms with Crippen molar-refractivity contribution in [2.45, 2.75) is 12.8 Å². The highest BCUT2D eigenvalue weighted by molar-refractivity contribution is 6.31. The van der Waals surface area contributed by atoms with Gasteiger partial charge >= 0.3 is 5.97 Å². The summed E-state index contributed by atoms with van der Waals surface area (Å²) in [7, 11) is 1.21. The molecule has 0 saturated heterocycles. The van der Waals surface area contributed by atoms with Crippen molar-refractivity contribution < 1.29 is 18.7 Å². The Morgan fingerprint density at radius 2 is 2.04 bits per heavy atom. The molecular formula is C19H14ClFN2O3. The number of halogens is 2. The summed E-state index contributed by atoms with van der Waals surface area (Å²) in [6.45, 7) is 1.56. The molecule has 1 aliphatic heterocycles. The van der Waals surface area contributed by atoms with Gasteiger partial charge in [-0.1, -0.05) is 17.7 Å². The van der Waals surface area contributed by atoms with E-state index in [-0.39, 0.29) is 33.4 Å². The van der Waals surface area contributed by atoms with E-state index in [1.54, 1.807) is 36.0 Å². The van der Waals surface area contributed by atoms with Crippen LogP contribution in [0, 0.1) is 17.1 Å². The second-order valence-electron chi connectivity index (χ2n) is 5.55. The van der Waals surface area contributed by atoms with Gasteiger partial charge in [-0.3, -0.25) is 4.57 Å². The minimum Gasteiger partial charge on any atom is -0.466 e. The summed E-state index contributed by atoms with van der Waals surface area (Å²) in [6.07, 6.45) is 3.37. The van der Waals surface area contributed by atoms with Crippen molar-refractivity contribution in [2.75, 3.05) is 7.11 Å². The average Bonchev–Trinajstić information content (AvgIpc) is 3.15. The first-order valence-corrected chi connectivity index (χ1v) is 8.05. The Morgan fingerprint density at radius 1 is 1.35 bits per heavy atom. The molecule has 0 aliphatic carbocycles. The fourth-order valence-corrected chi connectivity index (χ4v) is 3.22. The van der Waals surface area contributed by atoms with E-state index in [1.165, 1.54) is 25.3 Å². The first kappa shape index (κ1) is 17.8. The van der Waals surface area contributed by atoms with E-state index in [0.29, 0.717) is 0 Å². The molecule has 1 aliphatic rings. The van der Waals surface area contributed by atoms with Gasteiger partial charge in [0.1, 0.15) is 23.2 Å². The maximum atomic E-state index is 14.6. The highest BCUT2D eigenvalue weighted by Crippen LogP contribution is 2.45. The predicted molar refractivity (Wildman–Crippen MR) is 93.2 cm³/mol. The summed E-state index contributed by atoms with van der Waals surface area (Å²) in [4.78, 5) is 12.4. The lowest BCUT2D eigenvalue weighted by atomic mass is 9.82. The number of aromatic nitrogens is 1. The zero-order valence-electron chi connectivity index (χ0n) is 14.0. The van der Waals surface area contributed by atoms with Crippen LogP contribution in [0.1, 0.15) is 18.4 Å². The van der Waals surface area contributed by atoms with Gasteiger partial charge in [0.05, 0.1) is 18.6 Å². The van der Waals surface area contributed by atoms with E-state index >= 15 is 0 Å². The molecule has 26 heavy (non-hydrogen) atoms. The standard InChI is InChI=1S/C19H14ClFN2O3/c1-11-15(19(24)25-2)16(17-13(20)6-5-7-14(17)21)12(10-22)18(26-11)23-8-3-4-9-23/h3-9,16H,1-2H3/t16-/m1/s1. The molecule has 0 N–H and O–H groups in total. The van der Waals surface area contributed by atoms with Crippen LogP contribution in [0.3, 0.4) is 0 Å². The SMILES string of the molecule is COC(=O)C1=C(C)OC(n2cccc2)=C(C#N)[C@H]1c1c(F)cccc1Cl. The lowest BCUT2D eigenvalue weighted by Gasteiger charge is -2.29. The molecule has 0 radical (unpaired) electrons. The van der Waals surface area contributed by atoms with Gasteiger partial charge in [-0.25, -0.2) is 9.18 Å². The number of hydrogen-bond acceptors (Lipinski definition) is 4. The van der Waals surface area contributed by atoms with E-state index in [9.17, 15) is 14.4 Å². The van der Waals surface area contributed by atoms with E-state index in [4.69, 9.17) is 21.1 Å². The minimum absolute atomic E-state index is 0.0263. The van der Waals surface area contributed by atoms with Gasteiger partial charge in [0.2, 0.25) is 5.88 Å². The van der Waals surface area contributed by atoms with Gasteiger partial charge < -0.3 is 9.47 Å². The highest BCUT2D eigenvalue weighted by Gasteiger charge is 2.39. The topological polar surface area (TPSA) is 64.2 Å². The van der Waals surface area contributed by atoms with Crippen molar-refractivity contribution in [3.63, 3.8) is 0 Å². The number of allylic oxidation sites excluding steroid dienone is 2. The van der Waals surface area contributed by atoms with E-state index in [2.05, 4.69) is 0 Å². The molecule has 5 nitrogen and oxygen atoms in total. The first-order chi connectivity index (χ1) is 12.5. The summed E-state index contributed by atoms with van der Waals surface area (Å²) in [5, 5.41) is 9.89. The molecule has 0 spiro atoms. The zero-order chi connectivity index (χ0) is 18.8. The molecule has 0 fully saturated rings. The number of rotatable bonds is 3. The van der Waals surface area contributed by atoms with Crippen LogP contribution in [0.15, 0.2) is 59.6 Å². The molecule has 3 rings (SSSR count). The molecular weight excluding hydrogens is 359 g/mol. The van der Waals surface area contributed by atoms with Crippen molar-refractivity contribution in [3.05, 3.63) is 76.0 Å². The minimum atomic E-state index is -1.05. The Kier molecular flexibility index (Phi) is 4.83. The van der Waals surface area contributed by atoms with Crippen LogP contribution < -0.4 is 0 Å². The third kappa shape index (κ3) is 2.87. The fourth-order valence-electron chi connectivity index (χ4n) is 2.95. The second-order valence-corrected chi connectivity index (χ2v) is 5.96. The fraction of sp³-hybridized carbons (Fsp3) is 0.158. The summed E-state index contributed by atoms with van der Waals surface area (Å²) in [5.74, 6) is -1.99. The van der Waals surface area contributed by atoms with Crippen molar-refractivity contribution in [2.24, 2.45) is 0 Å². The third-order valence-corrected chi connectivity index (χ3v) is 4.42. The maximum Gasteiger partial charge on any atom is 0.338 e. The molecule has 0 unspecified atom stereocenters. The Bertz CT molecular complexity index is 951. The molecule has 0 saturated carbocycles. The molecule has 2 heterocycles.